The Morgan fingerprint density at radius 3 is 2.50 bits per heavy atom. The first-order valence-corrected chi connectivity index (χ1v) is 4.89. The quantitative estimate of drug-likeness (QED) is 0.606. The lowest BCUT2D eigenvalue weighted by atomic mass is 10.1. The van der Waals surface area contributed by atoms with Crippen LogP contribution in [0.4, 0.5) is 0 Å². The Bertz CT molecular complexity index is 154. The molecule has 2 heterocycles. The van der Waals surface area contributed by atoms with Crippen LogP contribution in [0.15, 0.2) is 0 Å². The smallest absolute Gasteiger partial charge is 0.0350 e. The van der Waals surface area contributed by atoms with E-state index in [0.717, 1.165) is 12.1 Å². The summed E-state index contributed by atoms with van der Waals surface area (Å²) in [6.07, 6.45) is 1.33. The average Bonchev–Trinajstić information content (AvgIpc) is 2.46. The van der Waals surface area contributed by atoms with Gasteiger partial charge in [0.1, 0.15) is 0 Å². The second-order valence-electron chi connectivity index (χ2n) is 4.14. The molecule has 2 rings (SSSR count). The van der Waals surface area contributed by atoms with Crippen molar-refractivity contribution in [2.75, 3.05) is 40.3 Å². The highest BCUT2D eigenvalue weighted by Crippen LogP contribution is 2.18. The Morgan fingerprint density at radius 2 is 2.00 bits per heavy atom. The Kier molecular flexibility index (Phi) is 2.35. The molecule has 2 fully saturated rings. The number of nitrogens with zero attached hydrogens (tertiary/aromatic N) is 2. The summed E-state index contributed by atoms with van der Waals surface area (Å²) in [7, 11) is 4.27. The van der Waals surface area contributed by atoms with Crippen LogP contribution in [0.2, 0.25) is 0 Å². The van der Waals surface area contributed by atoms with E-state index in [2.05, 4.69) is 29.2 Å². The number of likely N-dealkylation sites (tertiary alicyclic amines) is 2. The van der Waals surface area contributed by atoms with Crippen molar-refractivity contribution in [2.45, 2.75) is 18.5 Å². The van der Waals surface area contributed by atoms with E-state index in [0.29, 0.717) is 0 Å². The fourth-order valence-electron chi connectivity index (χ4n) is 2.25. The molecule has 2 saturated heterocycles. The Balaban J connectivity index is 1.76. The molecular weight excluding hydrogens is 150 g/mol. The highest BCUT2D eigenvalue weighted by Gasteiger charge is 2.33. The SMILES string of the molecule is CNC1CCN(C2CN(C)C2)C1. The van der Waals surface area contributed by atoms with Crippen LogP contribution in [0, 0.1) is 0 Å². The molecule has 70 valence electrons. The number of hydrogen-bond donors (Lipinski definition) is 1. The molecule has 0 aromatic rings. The molecule has 3 nitrogen and oxygen atoms in total. The molecule has 2 aliphatic heterocycles. The molecule has 1 atom stereocenters. The van der Waals surface area contributed by atoms with E-state index >= 15 is 0 Å². The van der Waals surface area contributed by atoms with Gasteiger partial charge in [0.15, 0.2) is 0 Å². The number of rotatable bonds is 2. The van der Waals surface area contributed by atoms with Crippen molar-refractivity contribution in [3.05, 3.63) is 0 Å². The van der Waals surface area contributed by atoms with Crippen molar-refractivity contribution in [1.82, 2.24) is 15.1 Å². The van der Waals surface area contributed by atoms with Crippen molar-refractivity contribution >= 4 is 0 Å². The van der Waals surface area contributed by atoms with Crippen molar-refractivity contribution < 1.29 is 0 Å². The van der Waals surface area contributed by atoms with Crippen LogP contribution in [0.5, 0.6) is 0 Å². The minimum absolute atomic E-state index is 0.746. The molecule has 1 N–H and O–H groups in total. The molecule has 1 unspecified atom stereocenters. The van der Waals surface area contributed by atoms with Gasteiger partial charge in [-0.2, -0.15) is 0 Å². The minimum Gasteiger partial charge on any atom is -0.316 e. The predicted molar refractivity (Wildman–Crippen MR) is 50.3 cm³/mol. The van der Waals surface area contributed by atoms with Gasteiger partial charge < -0.3 is 10.2 Å². The first kappa shape index (κ1) is 8.48. The molecule has 0 aromatic heterocycles. The molecular formula is C9H19N3. The van der Waals surface area contributed by atoms with Gasteiger partial charge in [0, 0.05) is 38.3 Å². The fourth-order valence-corrected chi connectivity index (χ4v) is 2.25. The summed E-state index contributed by atoms with van der Waals surface area (Å²) < 4.78 is 0. The molecule has 0 amide bonds. The molecule has 0 saturated carbocycles. The van der Waals surface area contributed by atoms with Crippen LogP contribution in [0.1, 0.15) is 6.42 Å². The van der Waals surface area contributed by atoms with Gasteiger partial charge in [-0.1, -0.05) is 0 Å². The lowest BCUT2D eigenvalue weighted by molar-refractivity contribution is 0.0679. The monoisotopic (exact) mass is 169 g/mol. The van der Waals surface area contributed by atoms with E-state index in [9.17, 15) is 0 Å². The van der Waals surface area contributed by atoms with Crippen LogP contribution in [-0.2, 0) is 0 Å². The predicted octanol–water partition coefficient (Wildman–Crippen LogP) is -0.406. The average molecular weight is 169 g/mol. The summed E-state index contributed by atoms with van der Waals surface area (Å²) in [5, 5.41) is 3.35. The zero-order valence-electron chi connectivity index (χ0n) is 8.08. The van der Waals surface area contributed by atoms with Crippen molar-refractivity contribution in [2.24, 2.45) is 0 Å². The van der Waals surface area contributed by atoms with Gasteiger partial charge in [-0.15, -0.1) is 0 Å². The van der Waals surface area contributed by atoms with Gasteiger partial charge in [-0.25, -0.2) is 0 Å². The highest BCUT2D eigenvalue weighted by molar-refractivity contribution is 4.91. The third-order valence-electron chi connectivity index (χ3n) is 3.19. The second-order valence-corrected chi connectivity index (χ2v) is 4.14. The van der Waals surface area contributed by atoms with E-state index in [-0.39, 0.29) is 0 Å². The summed E-state index contributed by atoms with van der Waals surface area (Å²) >= 11 is 0. The van der Waals surface area contributed by atoms with E-state index < -0.39 is 0 Å². The van der Waals surface area contributed by atoms with Crippen molar-refractivity contribution in [3.63, 3.8) is 0 Å². The highest BCUT2D eigenvalue weighted by atomic mass is 15.3. The third kappa shape index (κ3) is 1.49. The zero-order chi connectivity index (χ0) is 8.55. The van der Waals surface area contributed by atoms with Gasteiger partial charge in [-0.3, -0.25) is 4.90 Å². The number of hydrogen-bond acceptors (Lipinski definition) is 3. The minimum atomic E-state index is 0.746. The summed E-state index contributed by atoms with van der Waals surface area (Å²) in [6.45, 7) is 5.10. The van der Waals surface area contributed by atoms with Gasteiger partial charge >= 0.3 is 0 Å². The van der Waals surface area contributed by atoms with E-state index in [1.54, 1.807) is 0 Å². The maximum absolute atomic E-state index is 3.35. The number of likely N-dealkylation sites (N-methyl/N-ethyl adjacent to an activating group) is 2. The topological polar surface area (TPSA) is 18.5 Å². The van der Waals surface area contributed by atoms with Crippen molar-refractivity contribution in [1.29, 1.82) is 0 Å². The largest absolute Gasteiger partial charge is 0.316 e. The van der Waals surface area contributed by atoms with Crippen LogP contribution in [-0.4, -0.2) is 62.2 Å². The van der Waals surface area contributed by atoms with E-state index in [1.807, 2.05) is 0 Å². The van der Waals surface area contributed by atoms with Gasteiger partial charge in [0.05, 0.1) is 0 Å². The van der Waals surface area contributed by atoms with Gasteiger partial charge in [0.25, 0.3) is 0 Å². The zero-order valence-corrected chi connectivity index (χ0v) is 8.08. The molecule has 2 aliphatic rings. The first-order chi connectivity index (χ1) is 5.79. The van der Waals surface area contributed by atoms with Gasteiger partial charge in [0.2, 0.25) is 0 Å². The lowest BCUT2D eigenvalue weighted by Crippen LogP contribution is -2.57. The summed E-state index contributed by atoms with van der Waals surface area (Å²) in [4.78, 5) is 5.01. The molecule has 0 aromatic carbocycles. The van der Waals surface area contributed by atoms with E-state index in [4.69, 9.17) is 0 Å². The van der Waals surface area contributed by atoms with Crippen LogP contribution < -0.4 is 5.32 Å². The normalized spacial score (nSPS) is 34.0. The van der Waals surface area contributed by atoms with E-state index in [1.165, 1.54) is 32.6 Å². The maximum atomic E-state index is 3.35. The third-order valence-corrected chi connectivity index (χ3v) is 3.19. The Labute approximate surface area is 74.7 Å². The van der Waals surface area contributed by atoms with Crippen LogP contribution >= 0.6 is 0 Å². The summed E-state index contributed by atoms with van der Waals surface area (Å²) in [5.41, 5.74) is 0. The second kappa shape index (κ2) is 3.32. The number of nitrogens with one attached hydrogen (secondary N) is 1. The maximum Gasteiger partial charge on any atom is 0.0350 e. The molecule has 0 spiro atoms. The summed E-state index contributed by atoms with van der Waals surface area (Å²) in [6, 6.07) is 1.60. The molecule has 3 heteroatoms. The Hall–Kier alpha value is -0.120. The van der Waals surface area contributed by atoms with Crippen LogP contribution in [0.25, 0.3) is 0 Å². The van der Waals surface area contributed by atoms with Crippen LogP contribution in [0.3, 0.4) is 0 Å². The first-order valence-electron chi connectivity index (χ1n) is 4.89. The van der Waals surface area contributed by atoms with Crippen molar-refractivity contribution in [3.8, 4) is 0 Å². The molecule has 12 heavy (non-hydrogen) atoms. The lowest BCUT2D eigenvalue weighted by Gasteiger charge is -2.42. The molecule has 0 radical (unpaired) electrons. The molecule has 0 bridgehead atoms. The van der Waals surface area contributed by atoms with Gasteiger partial charge in [-0.05, 0) is 20.5 Å². The Morgan fingerprint density at radius 1 is 1.25 bits per heavy atom. The standard InChI is InChI=1S/C9H19N3/c1-10-8-3-4-12(5-8)9-6-11(2)7-9/h8-10H,3-7H2,1-2H3. The molecule has 0 aliphatic carbocycles. The fraction of sp³-hybridized carbons (Fsp3) is 1.00. The summed E-state index contributed by atoms with van der Waals surface area (Å²) in [5.74, 6) is 0.